The number of benzene rings is 2. The average molecular weight is 862 g/mol. The van der Waals surface area contributed by atoms with E-state index in [4.69, 9.17) is 14.2 Å². The fourth-order valence-electron chi connectivity index (χ4n) is 6.28. The summed E-state index contributed by atoms with van der Waals surface area (Å²) in [5, 5.41) is 5.90. The van der Waals surface area contributed by atoms with Crippen LogP contribution in [-0.4, -0.2) is 73.0 Å². The summed E-state index contributed by atoms with van der Waals surface area (Å²) < 4.78 is 59.8. The lowest BCUT2D eigenvalue weighted by Crippen LogP contribution is -2.38. The van der Waals surface area contributed by atoms with Gasteiger partial charge < -0.3 is 34.7 Å². The van der Waals surface area contributed by atoms with E-state index in [-0.39, 0.29) is 61.4 Å². The van der Waals surface area contributed by atoms with Crippen LogP contribution in [0, 0.1) is 0 Å². The molecule has 3 N–H and O–H groups in total. The molecule has 0 aliphatic rings. The van der Waals surface area contributed by atoms with Gasteiger partial charge in [0.15, 0.2) is 0 Å². The third-order valence-electron chi connectivity index (χ3n) is 9.15. The second-order valence-corrected chi connectivity index (χ2v) is 17.0. The fraction of sp³-hybridized carbons (Fsp3) is 0.422. The standard InChI is InChI=1S/C45H54F3N7O7/c1-29(50-41(58)60-28-31-14-9-8-10-15-31)13-11-16-34-24-33(45(46,47)48)25-37(51-34)36-23-32-27-55(39(56)53-38(32)52-36)35-19-17-30(18-20-35)26-54(42(59)62-44(5,6)7)22-12-21-49-40(57)61-43(2,3)4/h8-10,14-15,17-20,23-25,27,29H,11-13,16,21-22,26,28H2,1-7H3,(H,49,57)(H,50,58)(H,52,53,56)/t29-/m0/s1. The molecule has 0 unspecified atom stereocenters. The van der Waals surface area contributed by atoms with E-state index in [0.29, 0.717) is 30.3 Å². The molecule has 0 aliphatic carbocycles. The number of pyridine rings is 1. The minimum absolute atomic E-state index is 0.0296. The molecule has 3 amide bonds. The molecule has 0 saturated heterocycles. The Balaban J connectivity index is 1.26. The van der Waals surface area contributed by atoms with E-state index < -0.39 is 46.9 Å². The number of nitrogens with one attached hydrogen (secondary N) is 3. The highest BCUT2D eigenvalue weighted by Gasteiger charge is 2.32. The van der Waals surface area contributed by atoms with Crippen LogP contribution in [0.5, 0.6) is 0 Å². The van der Waals surface area contributed by atoms with Crippen molar-refractivity contribution in [1.82, 2.24) is 35.1 Å². The third-order valence-corrected chi connectivity index (χ3v) is 9.15. The van der Waals surface area contributed by atoms with Gasteiger partial charge in [-0.05, 0) is 116 Å². The Morgan fingerprint density at radius 2 is 1.55 bits per heavy atom. The van der Waals surface area contributed by atoms with Gasteiger partial charge in [-0.25, -0.2) is 19.2 Å². The van der Waals surface area contributed by atoms with Crippen LogP contribution in [0.15, 0.2) is 83.8 Å². The van der Waals surface area contributed by atoms with E-state index in [1.165, 1.54) is 15.7 Å². The largest absolute Gasteiger partial charge is 0.445 e. The number of aromatic nitrogens is 4. The molecule has 0 fully saturated rings. The maximum absolute atomic E-state index is 14.1. The zero-order chi connectivity index (χ0) is 45.2. The van der Waals surface area contributed by atoms with Crippen LogP contribution in [0.25, 0.3) is 28.1 Å². The lowest BCUT2D eigenvalue weighted by atomic mass is 10.1. The van der Waals surface area contributed by atoms with Crippen molar-refractivity contribution in [1.29, 1.82) is 0 Å². The quantitative estimate of drug-likeness (QED) is 0.0687. The first-order valence-corrected chi connectivity index (χ1v) is 20.3. The van der Waals surface area contributed by atoms with Crippen LogP contribution in [0.2, 0.25) is 0 Å². The summed E-state index contributed by atoms with van der Waals surface area (Å²) in [6.45, 7) is 13.2. The van der Waals surface area contributed by atoms with Crippen LogP contribution < -0.4 is 16.3 Å². The van der Waals surface area contributed by atoms with Crippen molar-refractivity contribution in [2.24, 2.45) is 0 Å². The molecule has 0 saturated carbocycles. The predicted molar refractivity (Wildman–Crippen MR) is 228 cm³/mol. The highest BCUT2D eigenvalue weighted by molar-refractivity contribution is 5.82. The smallest absolute Gasteiger partial charge is 0.416 e. The van der Waals surface area contributed by atoms with Gasteiger partial charge in [-0.1, -0.05) is 42.5 Å². The molecule has 2 aromatic carbocycles. The van der Waals surface area contributed by atoms with Gasteiger partial charge in [0.2, 0.25) is 0 Å². The first kappa shape index (κ1) is 46.7. The fourth-order valence-corrected chi connectivity index (χ4v) is 6.28. The van der Waals surface area contributed by atoms with Crippen molar-refractivity contribution in [3.8, 4) is 17.1 Å². The van der Waals surface area contributed by atoms with Crippen molar-refractivity contribution in [3.63, 3.8) is 0 Å². The first-order valence-electron chi connectivity index (χ1n) is 20.3. The van der Waals surface area contributed by atoms with Crippen molar-refractivity contribution in [3.05, 3.63) is 112 Å². The zero-order valence-corrected chi connectivity index (χ0v) is 36.0. The lowest BCUT2D eigenvalue weighted by Gasteiger charge is -2.27. The van der Waals surface area contributed by atoms with E-state index >= 15 is 0 Å². The molecule has 3 heterocycles. The zero-order valence-electron chi connectivity index (χ0n) is 36.0. The molecule has 5 rings (SSSR count). The molecule has 0 bridgehead atoms. The molecular weight excluding hydrogens is 808 g/mol. The van der Waals surface area contributed by atoms with Gasteiger partial charge in [-0.3, -0.25) is 9.55 Å². The number of H-pyrrole nitrogens is 1. The Morgan fingerprint density at radius 1 is 0.855 bits per heavy atom. The van der Waals surface area contributed by atoms with Crippen LogP contribution in [0.4, 0.5) is 27.6 Å². The molecule has 0 spiro atoms. The van der Waals surface area contributed by atoms with Gasteiger partial charge in [-0.2, -0.15) is 18.2 Å². The molecule has 332 valence electrons. The van der Waals surface area contributed by atoms with Gasteiger partial charge in [0.1, 0.15) is 23.5 Å². The molecule has 17 heteroatoms. The summed E-state index contributed by atoms with van der Waals surface area (Å²) in [4.78, 5) is 63.9. The molecule has 62 heavy (non-hydrogen) atoms. The van der Waals surface area contributed by atoms with E-state index in [0.717, 1.165) is 23.3 Å². The molecule has 3 aromatic heterocycles. The van der Waals surface area contributed by atoms with E-state index in [1.54, 1.807) is 78.8 Å². The Morgan fingerprint density at radius 3 is 2.21 bits per heavy atom. The summed E-state index contributed by atoms with van der Waals surface area (Å²) in [5.74, 6) is 0. The first-order chi connectivity index (χ1) is 29.1. The van der Waals surface area contributed by atoms with E-state index in [2.05, 4.69) is 25.6 Å². The van der Waals surface area contributed by atoms with E-state index in [9.17, 15) is 32.3 Å². The Labute approximate surface area is 358 Å². The van der Waals surface area contributed by atoms with Crippen molar-refractivity contribution in [2.75, 3.05) is 13.1 Å². The van der Waals surface area contributed by atoms with Crippen LogP contribution in [-0.2, 0) is 40.0 Å². The molecule has 0 radical (unpaired) electrons. The average Bonchev–Trinajstić information content (AvgIpc) is 3.60. The second-order valence-electron chi connectivity index (χ2n) is 17.0. The number of alkyl carbamates (subject to hydrolysis) is 2. The number of aromatic amines is 1. The molecule has 14 nitrogen and oxygen atoms in total. The number of nitrogens with zero attached hydrogens (tertiary/aromatic N) is 4. The number of ether oxygens (including phenoxy) is 3. The molecule has 5 aromatic rings. The SMILES string of the molecule is C[C@@H](CCCc1cc(C(F)(F)F)cc(-c2cc3cn(-c4ccc(CN(CCCNC(=O)OC(C)(C)C)C(=O)OC(C)(C)C)cc4)c(=O)nc3[nH]2)n1)NC(=O)OCc1ccccc1. The monoisotopic (exact) mass is 861 g/mol. The number of fused-ring (bicyclic) bond motifs is 1. The summed E-state index contributed by atoms with van der Waals surface area (Å²) >= 11 is 0. The molecule has 1 atom stereocenters. The third kappa shape index (κ3) is 14.4. The van der Waals surface area contributed by atoms with Crippen molar-refractivity contribution >= 4 is 29.3 Å². The number of aryl methyl sites for hydroxylation is 1. The van der Waals surface area contributed by atoms with Gasteiger partial charge in [0.25, 0.3) is 0 Å². The second kappa shape index (κ2) is 20.0. The molecule has 0 aliphatic heterocycles. The number of halogens is 3. The number of alkyl halides is 3. The van der Waals surface area contributed by atoms with Gasteiger partial charge >= 0.3 is 30.1 Å². The maximum atomic E-state index is 14.1. The normalized spacial score (nSPS) is 12.4. The number of rotatable bonds is 15. The Kier molecular flexibility index (Phi) is 15.0. The Hall–Kier alpha value is -6.39. The lowest BCUT2D eigenvalue weighted by molar-refractivity contribution is -0.137. The van der Waals surface area contributed by atoms with E-state index in [1.807, 2.05) is 30.3 Å². The summed E-state index contributed by atoms with van der Waals surface area (Å²) in [6.07, 6.45) is -3.23. The van der Waals surface area contributed by atoms with Crippen LogP contribution >= 0.6 is 0 Å². The number of amides is 3. The number of hydrogen-bond acceptors (Lipinski definition) is 9. The summed E-state index contributed by atoms with van der Waals surface area (Å²) in [6, 6.07) is 19.4. The minimum atomic E-state index is -4.64. The number of carbonyl (C=O) groups is 3. The van der Waals surface area contributed by atoms with Crippen LogP contribution in [0.3, 0.4) is 0 Å². The van der Waals surface area contributed by atoms with Crippen molar-refractivity contribution in [2.45, 2.75) is 111 Å². The highest BCUT2D eigenvalue weighted by atomic mass is 19.4. The number of hydrogen-bond donors (Lipinski definition) is 3. The Bertz CT molecular complexity index is 2370. The van der Waals surface area contributed by atoms with Gasteiger partial charge in [0, 0.05) is 43.0 Å². The van der Waals surface area contributed by atoms with Gasteiger partial charge in [-0.15, -0.1) is 0 Å². The predicted octanol–water partition coefficient (Wildman–Crippen LogP) is 9.08. The van der Waals surface area contributed by atoms with Gasteiger partial charge in [0.05, 0.1) is 22.6 Å². The minimum Gasteiger partial charge on any atom is -0.445 e. The van der Waals surface area contributed by atoms with Crippen LogP contribution in [0.1, 0.15) is 90.1 Å². The summed E-state index contributed by atoms with van der Waals surface area (Å²) in [7, 11) is 0. The van der Waals surface area contributed by atoms with Crippen molar-refractivity contribution < 1.29 is 41.8 Å². The highest BCUT2D eigenvalue weighted by Crippen LogP contribution is 2.33. The summed E-state index contributed by atoms with van der Waals surface area (Å²) in [5.41, 5.74) is -0.180. The maximum Gasteiger partial charge on any atom is 0.416 e. The molecular formula is C45H54F3N7O7. The number of carbonyl (C=O) groups excluding carboxylic acids is 3. The topological polar surface area (TPSA) is 170 Å².